The van der Waals surface area contributed by atoms with E-state index in [0.29, 0.717) is 0 Å². The summed E-state index contributed by atoms with van der Waals surface area (Å²) >= 11 is 1.96. The van der Waals surface area contributed by atoms with Crippen LogP contribution in [0.2, 0.25) is 0 Å². The summed E-state index contributed by atoms with van der Waals surface area (Å²) in [5, 5.41) is 6.34. The normalized spacial score (nSPS) is 24.0. The molecule has 4 heteroatoms. The van der Waals surface area contributed by atoms with Crippen molar-refractivity contribution >= 4 is 11.8 Å². The molecule has 0 amide bonds. The molecule has 66 valence electrons. The zero-order valence-electron chi connectivity index (χ0n) is 6.77. The van der Waals surface area contributed by atoms with Crippen molar-refractivity contribution in [2.24, 2.45) is 0 Å². The third kappa shape index (κ3) is 5.49. The molecule has 0 aliphatic carbocycles. The number of nitrogens with one attached hydrogen (secondary N) is 2. The zero-order valence-corrected chi connectivity index (χ0v) is 7.58. The third-order valence-corrected chi connectivity index (χ3v) is 2.37. The Hall–Kier alpha value is 0.230. The quantitative estimate of drug-likeness (QED) is 0.539. The molecule has 0 unspecified atom stereocenters. The van der Waals surface area contributed by atoms with Crippen LogP contribution >= 0.6 is 11.8 Å². The summed E-state index contributed by atoms with van der Waals surface area (Å²) in [4.78, 5) is 0. The average Bonchev–Trinajstić information content (AvgIpc) is 2.64. The van der Waals surface area contributed by atoms with Crippen LogP contribution in [-0.4, -0.2) is 44.5 Å². The second kappa shape index (κ2) is 6.91. The van der Waals surface area contributed by atoms with E-state index in [9.17, 15) is 0 Å². The Labute approximate surface area is 72.3 Å². The number of morpholine rings is 1. The van der Waals surface area contributed by atoms with E-state index in [1.807, 2.05) is 11.8 Å². The molecule has 3 nitrogen and oxygen atoms in total. The molecule has 0 radical (unpaired) electrons. The van der Waals surface area contributed by atoms with E-state index in [1.165, 1.54) is 18.2 Å². The Balaban J connectivity index is 0.000000112. The van der Waals surface area contributed by atoms with Crippen LogP contribution in [0.15, 0.2) is 0 Å². The molecule has 2 aliphatic rings. The van der Waals surface area contributed by atoms with Gasteiger partial charge in [-0.25, -0.2) is 0 Å². The second-order valence-corrected chi connectivity index (χ2v) is 3.52. The number of rotatable bonds is 0. The molecular formula is C7H16N2OS. The Morgan fingerprint density at radius 1 is 1.00 bits per heavy atom. The van der Waals surface area contributed by atoms with Gasteiger partial charge < -0.3 is 15.4 Å². The van der Waals surface area contributed by atoms with Crippen molar-refractivity contribution in [1.82, 2.24) is 10.6 Å². The first-order valence-corrected chi connectivity index (χ1v) is 5.22. The van der Waals surface area contributed by atoms with Gasteiger partial charge in [-0.3, -0.25) is 0 Å². The Morgan fingerprint density at radius 3 is 2.00 bits per heavy atom. The van der Waals surface area contributed by atoms with E-state index < -0.39 is 0 Å². The SMILES string of the molecule is C1COCCN1.C1CSCN1. The summed E-state index contributed by atoms with van der Waals surface area (Å²) in [6, 6.07) is 0. The van der Waals surface area contributed by atoms with Crippen LogP contribution in [0.1, 0.15) is 0 Å². The molecule has 2 heterocycles. The van der Waals surface area contributed by atoms with Gasteiger partial charge in [-0.15, -0.1) is 11.8 Å². The van der Waals surface area contributed by atoms with Gasteiger partial charge in [-0.05, 0) is 0 Å². The van der Waals surface area contributed by atoms with Crippen LogP contribution in [0, 0.1) is 0 Å². The lowest BCUT2D eigenvalue weighted by Gasteiger charge is -2.10. The topological polar surface area (TPSA) is 33.3 Å². The fourth-order valence-electron chi connectivity index (χ4n) is 0.877. The lowest BCUT2D eigenvalue weighted by Crippen LogP contribution is -2.30. The van der Waals surface area contributed by atoms with Gasteiger partial charge in [0.05, 0.1) is 13.2 Å². The molecule has 2 fully saturated rings. The van der Waals surface area contributed by atoms with Crippen molar-refractivity contribution in [3.63, 3.8) is 0 Å². The third-order valence-electron chi connectivity index (χ3n) is 1.47. The highest BCUT2D eigenvalue weighted by molar-refractivity contribution is 7.99. The van der Waals surface area contributed by atoms with Gasteiger partial charge in [-0.1, -0.05) is 0 Å². The summed E-state index contributed by atoms with van der Waals surface area (Å²) in [6.07, 6.45) is 0. The van der Waals surface area contributed by atoms with Crippen molar-refractivity contribution in [3.8, 4) is 0 Å². The lowest BCUT2D eigenvalue weighted by atomic mass is 10.5. The Bertz CT molecular complexity index is 65.4. The van der Waals surface area contributed by atoms with E-state index in [2.05, 4.69) is 10.6 Å². The van der Waals surface area contributed by atoms with Crippen molar-refractivity contribution in [3.05, 3.63) is 0 Å². The van der Waals surface area contributed by atoms with Crippen molar-refractivity contribution in [1.29, 1.82) is 0 Å². The van der Waals surface area contributed by atoms with Crippen molar-refractivity contribution in [2.75, 3.05) is 44.5 Å². The highest BCUT2D eigenvalue weighted by Crippen LogP contribution is 1.99. The smallest absolute Gasteiger partial charge is 0.0591 e. The molecule has 2 rings (SSSR count). The maximum absolute atomic E-state index is 5.01. The highest BCUT2D eigenvalue weighted by Gasteiger charge is 1.93. The summed E-state index contributed by atoms with van der Waals surface area (Å²) in [5.41, 5.74) is 0. The summed E-state index contributed by atoms with van der Waals surface area (Å²) < 4.78 is 5.01. The Morgan fingerprint density at radius 2 is 1.82 bits per heavy atom. The molecule has 0 aromatic rings. The number of ether oxygens (including phenoxy) is 1. The van der Waals surface area contributed by atoms with Gasteiger partial charge in [0.2, 0.25) is 0 Å². The van der Waals surface area contributed by atoms with E-state index in [4.69, 9.17) is 4.74 Å². The predicted molar refractivity (Wildman–Crippen MR) is 49.0 cm³/mol. The monoisotopic (exact) mass is 176 g/mol. The fraction of sp³-hybridized carbons (Fsp3) is 1.00. The minimum absolute atomic E-state index is 0.889. The number of thioether (sulfide) groups is 1. The largest absolute Gasteiger partial charge is 0.379 e. The van der Waals surface area contributed by atoms with Gasteiger partial charge in [0, 0.05) is 31.3 Å². The second-order valence-electron chi connectivity index (χ2n) is 2.41. The highest BCUT2D eigenvalue weighted by atomic mass is 32.2. The molecule has 0 bridgehead atoms. The van der Waals surface area contributed by atoms with E-state index in [1.54, 1.807) is 0 Å². The zero-order chi connectivity index (χ0) is 7.78. The number of hydrogen-bond acceptors (Lipinski definition) is 4. The van der Waals surface area contributed by atoms with Gasteiger partial charge in [0.15, 0.2) is 0 Å². The number of hydrogen-bond donors (Lipinski definition) is 2. The van der Waals surface area contributed by atoms with Crippen LogP contribution in [0.4, 0.5) is 0 Å². The average molecular weight is 176 g/mol. The van der Waals surface area contributed by atoms with E-state index in [0.717, 1.165) is 26.3 Å². The van der Waals surface area contributed by atoms with E-state index >= 15 is 0 Å². The fourth-order valence-corrected chi connectivity index (χ4v) is 1.60. The first kappa shape index (κ1) is 9.32. The molecule has 2 aliphatic heterocycles. The molecule has 0 aromatic heterocycles. The molecule has 2 saturated heterocycles. The molecule has 0 aromatic carbocycles. The first-order valence-electron chi connectivity index (χ1n) is 4.07. The molecule has 11 heavy (non-hydrogen) atoms. The minimum Gasteiger partial charge on any atom is -0.379 e. The summed E-state index contributed by atoms with van der Waals surface area (Å²) in [6.45, 7) is 5.05. The van der Waals surface area contributed by atoms with Gasteiger partial charge in [0.25, 0.3) is 0 Å². The predicted octanol–water partition coefficient (Wildman–Crippen LogP) is -0.114. The minimum atomic E-state index is 0.889. The maximum Gasteiger partial charge on any atom is 0.0591 e. The maximum atomic E-state index is 5.01. The van der Waals surface area contributed by atoms with Crippen LogP contribution < -0.4 is 10.6 Å². The molecule has 0 saturated carbocycles. The van der Waals surface area contributed by atoms with Crippen LogP contribution in [0.3, 0.4) is 0 Å². The van der Waals surface area contributed by atoms with Crippen LogP contribution in [0.25, 0.3) is 0 Å². The Kier molecular flexibility index (Phi) is 5.85. The van der Waals surface area contributed by atoms with Crippen LogP contribution in [0.5, 0.6) is 0 Å². The van der Waals surface area contributed by atoms with Gasteiger partial charge >= 0.3 is 0 Å². The summed E-state index contributed by atoms with van der Waals surface area (Å²) in [5.74, 6) is 2.47. The summed E-state index contributed by atoms with van der Waals surface area (Å²) in [7, 11) is 0. The molecule has 2 N–H and O–H groups in total. The standard InChI is InChI=1S/C4H9NO.C3H7NS/c1-3-6-4-2-5-1;1-2-5-3-4-1/h5H,1-4H2;4H,1-3H2. The van der Waals surface area contributed by atoms with Crippen LogP contribution in [-0.2, 0) is 4.74 Å². The van der Waals surface area contributed by atoms with Crippen molar-refractivity contribution < 1.29 is 4.74 Å². The van der Waals surface area contributed by atoms with E-state index in [-0.39, 0.29) is 0 Å². The lowest BCUT2D eigenvalue weighted by molar-refractivity contribution is 0.109. The van der Waals surface area contributed by atoms with Crippen molar-refractivity contribution in [2.45, 2.75) is 0 Å². The van der Waals surface area contributed by atoms with Gasteiger partial charge in [-0.2, -0.15) is 0 Å². The molecule has 0 spiro atoms. The van der Waals surface area contributed by atoms with Gasteiger partial charge in [0.1, 0.15) is 0 Å². The molecular weight excluding hydrogens is 160 g/mol. The molecule has 0 atom stereocenters. The first-order chi connectivity index (χ1) is 5.50.